The number of carbonyl (C=O) groups is 1. The van der Waals surface area contributed by atoms with Crippen LogP contribution in [-0.4, -0.2) is 44.0 Å². The van der Waals surface area contributed by atoms with Crippen molar-refractivity contribution < 1.29 is 4.79 Å². The summed E-state index contributed by atoms with van der Waals surface area (Å²) in [4.78, 5) is 14.2. The van der Waals surface area contributed by atoms with Crippen molar-refractivity contribution in [1.29, 1.82) is 0 Å². The van der Waals surface area contributed by atoms with Gasteiger partial charge in [0.05, 0.1) is 5.56 Å². The van der Waals surface area contributed by atoms with Crippen LogP contribution in [0.15, 0.2) is 24.3 Å². The summed E-state index contributed by atoms with van der Waals surface area (Å²) in [5.41, 5.74) is 1.60. The third-order valence-corrected chi connectivity index (χ3v) is 2.68. The molecule has 4 heteroatoms. The van der Waals surface area contributed by atoms with Gasteiger partial charge in [0.1, 0.15) is 0 Å². The molecule has 1 aromatic rings. The van der Waals surface area contributed by atoms with Crippen molar-refractivity contribution in [2.45, 2.75) is 26.3 Å². The van der Waals surface area contributed by atoms with Crippen LogP contribution in [0.25, 0.3) is 0 Å². The van der Waals surface area contributed by atoms with E-state index in [0.717, 1.165) is 18.7 Å². The average Bonchev–Trinajstić information content (AvgIpc) is 2.34. The number of benzene rings is 1. The first-order valence-electron chi connectivity index (χ1n) is 6.79. The van der Waals surface area contributed by atoms with Gasteiger partial charge in [0.2, 0.25) is 0 Å². The molecule has 2 N–H and O–H groups in total. The summed E-state index contributed by atoms with van der Waals surface area (Å²) in [5.74, 6) is -0.0116. The van der Waals surface area contributed by atoms with E-state index in [1.165, 1.54) is 0 Å². The zero-order valence-corrected chi connectivity index (χ0v) is 12.4. The van der Waals surface area contributed by atoms with E-state index in [0.29, 0.717) is 18.2 Å². The number of hydrogen-bond donors (Lipinski definition) is 2. The Morgan fingerprint density at radius 3 is 2.58 bits per heavy atom. The molecule has 0 spiro atoms. The molecule has 0 aliphatic carbocycles. The van der Waals surface area contributed by atoms with E-state index < -0.39 is 0 Å². The molecule has 1 amide bonds. The first-order chi connectivity index (χ1) is 9.00. The summed E-state index contributed by atoms with van der Waals surface area (Å²) in [6, 6.07) is 7.93. The quantitative estimate of drug-likeness (QED) is 0.741. The standard InChI is InChI=1S/C15H25N3O/c1-12(2)17-14-9-6-5-8-13(14)15(19)16-10-7-11-18(3)4/h5-6,8-9,12,17H,7,10-11H2,1-4H3,(H,16,19). The molecule has 0 fully saturated rings. The molecule has 19 heavy (non-hydrogen) atoms. The van der Waals surface area contributed by atoms with Crippen LogP contribution in [0.5, 0.6) is 0 Å². The first-order valence-corrected chi connectivity index (χ1v) is 6.79. The van der Waals surface area contributed by atoms with Gasteiger partial charge >= 0.3 is 0 Å². The van der Waals surface area contributed by atoms with Crippen LogP contribution in [0, 0.1) is 0 Å². The number of carbonyl (C=O) groups excluding carboxylic acids is 1. The van der Waals surface area contributed by atoms with Crippen LogP contribution in [0.4, 0.5) is 5.69 Å². The van der Waals surface area contributed by atoms with Crippen LogP contribution >= 0.6 is 0 Å². The van der Waals surface area contributed by atoms with Crippen molar-refractivity contribution >= 4 is 11.6 Å². The zero-order valence-electron chi connectivity index (χ0n) is 12.4. The average molecular weight is 263 g/mol. The fraction of sp³-hybridized carbons (Fsp3) is 0.533. The number of nitrogens with one attached hydrogen (secondary N) is 2. The van der Waals surface area contributed by atoms with Crippen molar-refractivity contribution in [2.24, 2.45) is 0 Å². The van der Waals surface area contributed by atoms with Crippen molar-refractivity contribution in [3.05, 3.63) is 29.8 Å². The Labute approximate surface area is 116 Å². The van der Waals surface area contributed by atoms with Crippen LogP contribution < -0.4 is 10.6 Å². The van der Waals surface area contributed by atoms with Gasteiger partial charge in [-0.2, -0.15) is 0 Å². The molecular formula is C15H25N3O. The predicted octanol–water partition coefficient (Wildman–Crippen LogP) is 2.19. The fourth-order valence-corrected chi connectivity index (χ4v) is 1.81. The van der Waals surface area contributed by atoms with Gasteiger partial charge in [0.25, 0.3) is 5.91 Å². The smallest absolute Gasteiger partial charge is 0.253 e. The summed E-state index contributed by atoms with van der Waals surface area (Å²) in [5, 5.41) is 6.26. The molecule has 0 saturated heterocycles. The van der Waals surface area contributed by atoms with E-state index in [4.69, 9.17) is 0 Å². The summed E-state index contributed by atoms with van der Waals surface area (Å²) in [6.45, 7) is 5.80. The Morgan fingerprint density at radius 1 is 1.26 bits per heavy atom. The minimum Gasteiger partial charge on any atom is -0.382 e. The number of rotatable bonds is 7. The third kappa shape index (κ3) is 5.75. The molecule has 0 unspecified atom stereocenters. The van der Waals surface area contributed by atoms with Crippen LogP contribution in [0.1, 0.15) is 30.6 Å². The van der Waals surface area contributed by atoms with Crippen molar-refractivity contribution in [2.75, 3.05) is 32.5 Å². The van der Waals surface area contributed by atoms with E-state index in [9.17, 15) is 4.79 Å². The Kier molecular flexibility index (Phi) is 6.36. The normalized spacial score (nSPS) is 10.8. The Balaban J connectivity index is 2.56. The highest BCUT2D eigenvalue weighted by molar-refractivity contribution is 5.99. The minimum absolute atomic E-state index is 0.0116. The highest BCUT2D eigenvalue weighted by Gasteiger charge is 2.10. The van der Waals surface area contributed by atoms with E-state index in [2.05, 4.69) is 29.4 Å². The number of para-hydroxylation sites is 1. The van der Waals surface area contributed by atoms with E-state index in [-0.39, 0.29) is 5.91 Å². The molecule has 0 aromatic heterocycles. The molecule has 0 aliphatic rings. The molecule has 0 bridgehead atoms. The van der Waals surface area contributed by atoms with E-state index >= 15 is 0 Å². The van der Waals surface area contributed by atoms with E-state index in [1.807, 2.05) is 38.4 Å². The van der Waals surface area contributed by atoms with Gasteiger partial charge in [0, 0.05) is 18.3 Å². The maximum atomic E-state index is 12.1. The van der Waals surface area contributed by atoms with Crippen molar-refractivity contribution in [3.8, 4) is 0 Å². The second-order valence-corrected chi connectivity index (χ2v) is 5.26. The molecule has 0 atom stereocenters. The molecule has 4 nitrogen and oxygen atoms in total. The topological polar surface area (TPSA) is 44.4 Å². The maximum absolute atomic E-state index is 12.1. The number of amides is 1. The summed E-state index contributed by atoms with van der Waals surface area (Å²) < 4.78 is 0. The molecule has 0 aliphatic heterocycles. The molecular weight excluding hydrogens is 238 g/mol. The van der Waals surface area contributed by atoms with Crippen molar-refractivity contribution in [3.63, 3.8) is 0 Å². The van der Waals surface area contributed by atoms with Crippen molar-refractivity contribution in [1.82, 2.24) is 10.2 Å². The van der Waals surface area contributed by atoms with Crippen LogP contribution in [0.3, 0.4) is 0 Å². The Morgan fingerprint density at radius 2 is 1.95 bits per heavy atom. The lowest BCUT2D eigenvalue weighted by Gasteiger charge is -2.15. The lowest BCUT2D eigenvalue weighted by molar-refractivity contribution is 0.0953. The first kappa shape index (κ1) is 15.5. The number of nitrogens with zero attached hydrogens (tertiary/aromatic N) is 1. The number of hydrogen-bond acceptors (Lipinski definition) is 3. The molecule has 0 heterocycles. The summed E-state index contributed by atoms with van der Waals surface area (Å²) in [6.07, 6.45) is 0.957. The largest absolute Gasteiger partial charge is 0.382 e. The second-order valence-electron chi connectivity index (χ2n) is 5.26. The summed E-state index contributed by atoms with van der Waals surface area (Å²) in [7, 11) is 4.06. The molecule has 0 radical (unpaired) electrons. The van der Waals surface area contributed by atoms with Gasteiger partial charge in [-0.15, -0.1) is 0 Å². The fourth-order valence-electron chi connectivity index (χ4n) is 1.81. The lowest BCUT2D eigenvalue weighted by Crippen LogP contribution is -2.28. The highest BCUT2D eigenvalue weighted by atomic mass is 16.1. The van der Waals surface area contributed by atoms with Crippen LogP contribution in [0.2, 0.25) is 0 Å². The molecule has 106 valence electrons. The van der Waals surface area contributed by atoms with Gasteiger partial charge in [-0.1, -0.05) is 12.1 Å². The summed E-state index contributed by atoms with van der Waals surface area (Å²) >= 11 is 0. The van der Waals surface area contributed by atoms with Gasteiger partial charge in [0.15, 0.2) is 0 Å². The maximum Gasteiger partial charge on any atom is 0.253 e. The Hall–Kier alpha value is -1.55. The zero-order chi connectivity index (χ0) is 14.3. The van der Waals surface area contributed by atoms with Crippen LogP contribution in [-0.2, 0) is 0 Å². The highest BCUT2D eigenvalue weighted by Crippen LogP contribution is 2.15. The Bertz CT molecular complexity index is 402. The second kappa shape index (κ2) is 7.79. The predicted molar refractivity (Wildman–Crippen MR) is 80.7 cm³/mol. The molecule has 1 aromatic carbocycles. The molecule has 1 rings (SSSR count). The van der Waals surface area contributed by atoms with Gasteiger partial charge in [-0.25, -0.2) is 0 Å². The monoisotopic (exact) mass is 263 g/mol. The third-order valence-electron chi connectivity index (χ3n) is 2.68. The lowest BCUT2D eigenvalue weighted by atomic mass is 10.1. The number of anilines is 1. The van der Waals surface area contributed by atoms with Gasteiger partial charge in [-0.3, -0.25) is 4.79 Å². The van der Waals surface area contributed by atoms with Gasteiger partial charge < -0.3 is 15.5 Å². The van der Waals surface area contributed by atoms with Gasteiger partial charge in [-0.05, 0) is 53.0 Å². The SMILES string of the molecule is CC(C)Nc1ccccc1C(=O)NCCCN(C)C. The van der Waals surface area contributed by atoms with E-state index in [1.54, 1.807) is 0 Å². The molecule has 0 saturated carbocycles. The minimum atomic E-state index is -0.0116.